The maximum absolute atomic E-state index is 13.1. The van der Waals surface area contributed by atoms with E-state index in [4.69, 9.17) is 4.74 Å². The molecular weight excluding hydrogens is 455 g/mol. The van der Waals surface area contributed by atoms with Crippen molar-refractivity contribution in [3.63, 3.8) is 0 Å². The van der Waals surface area contributed by atoms with E-state index < -0.39 is 17.1 Å². The van der Waals surface area contributed by atoms with E-state index in [1.165, 1.54) is 12.1 Å². The number of para-hydroxylation sites is 2. The Morgan fingerprint density at radius 3 is 2.50 bits per heavy atom. The van der Waals surface area contributed by atoms with Gasteiger partial charge >= 0.3 is 0 Å². The van der Waals surface area contributed by atoms with Crippen molar-refractivity contribution in [1.82, 2.24) is 4.90 Å². The molecule has 4 rings (SSSR count). The number of benzene rings is 3. The van der Waals surface area contributed by atoms with Crippen LogP contribution in [0.15, 0.2) is 77.7 Å². The van der Waals surface area contributed by atoms with Crippen LogP contribution in [0.1, 0.15) is 16.7 Å². The van der Waals surface area contributed by atoms with Crippen LogP contribution < -0.4 is 10.1 Å². The summed E-state index contributed by atoms with van der Waals surface area (Å²) in [6.45, 7) is 1.69. The Morgan fingerprint density at radius 1 is 1.03 bits per heavy atom. The van der Waals surface area contributed by atoms with Crippen LogP contribution in [0.3, 0.4) is 0 Å². The van der Waals surface area contributed by atoms with Gasteiger partial charge in [-0.3, -0.25) is 19.3 Å². The van der Waals surface area contributed by atoms with Gasteiger partial charge in [0.15, 0.2) is 0 Å². The van der Waals surface area contributed by atoms with Crippen molar-refractivity contribution >= 4 is 40.6 Å². The molecular formula is C26H21FN2O4S. The van der Waals surface area contributed by atoms with Crippen molar-refractivity contribution in [2.24, 2.45) is 0 Å². The number of hydrogen-bond acceptors (Lipinski definition) is 5. The Labute approximate surface area is 200 Å². The van der Waals surface area contributed by atoms with Crippen molar-refractivity contribution in [2.75, 3.05) is 11.9 Å². The highest BCUT2D eigenvalue weighted by molar-refractivity contribution is 8.18. The van der Waals surface area contributed by atoms with Crippen LogP contribution in [-0.2, 0) is 16.2 Å². The summed E-state index contributed by atoms with van der Waals surface area (Å²) in [6, 6.07) is 20.3. The lowest BCUT2D eigenvalue weighted by Gasteiger charge is -2.13. The number of aryl methyl sites for hydroxylation is 1. The molecule has 1 aliphatic rings. The molecule has 172 valence electrons. The zero-order chi connectivity index (χ0) is 24.1. The Kier molecular flexibility index (Phi) is 7.08. The fraction of sp³-hybridized carbons (Fsp3) is 0.115. The van der Waals surface area contributed by atoms with Crippen molar-refractivity contribution in [1.29, 1.82) is 0 Å². The SMILES string of the molecule is Cc1ccccc1NC(=O)CN1C(=O)S/C(=C\c2ccccc2OCc2ccc(F)cc2)C1=O. The summed E-state index contributed by atoms with van der Waals surface area (Å²) in [7, 11) is 0. The standard InChI is InChI=1S/C26H21FN2O4S/c1-17-6-2-4-8-21(17)28-24(30)15-29-25(31)23(34-26(29)32)14-19-7-3-5-9-22(19)33-16-18-10-12-20(27)13-11-18/h2-14H,15-16H2,1H3,(H,28,30)/b23-14-. The molecule has 0 atom stereocenters. The van der Waals surface area contributed by atoms with Gasteiger partial charge in [-0.05, 0) is 60.2 Å². The molecule has 0 radical (unpaired) electrons. The van der Waals surface area contributed by atoms with Gasteiger partial charge in [0.25, 0.3) is 11.1 Å². The Hall–Kier alpha value is -3.91. The van der Waals surface area contributed by atoms with Gasteiger partial charge in [-0.1, -0.05) is 48.5 Å². The lowest BCUT2D eigenvalue weighted by molar-refractivity contribution is -0.127. The molecule has 0 aromatic heterocycles. The molecule has 0 aliphatic carbocycles. The third-order valence-corrected chi connectivity index (χ3v) is 6.02. The fourth-order valence-electron chi connectivity index (χ4n) is 3.30. The van der Waals surface area contributed by atoms with E-state index in [2.05, 4.69) is 5.32 Å². The van der Waals surface area contributed by atoms with Gasteiger partial charge in [-0.25, -0.2) is 4.39 Å². The first kappa shape index (κ1) is 23.3. The minimum absolute atomic E-state index is 0.200. The second-order valence-corrected chi connectivity index (χ2v) is 8.58. The van der Waals surface area contributed by atoms with Crippen molar-refractivity contribution in [3.05, 3.63) is 100 Å². The second kappa shape index (κ2) is 10.4. The molecule has 0 bridgehead atoms. The predicted molar refractivity (Wildman–Crippen MR) is 130 cm³/mol. The van der Waals surface area contributed by atoms with E-state index in [1.807, 2.05) is 19.1 Å². The van der Waals surface area contributed by atoms with Gasteiger partial charge in [0, 0.05) is 11.3 Å². The number of hydrogen-bond donors (Lipinski definition) is 1. The summed E-state index contributed by atoms with van der Waals surface area (Å²) in [5.41, 5.74) is 2.90. The number of thioether (sulfide) groups is 1. The third-order valence-electron chi connectivity index (χ3n) is 5.11. The molecule has 0 saturated carbocycles. The number of amides is 3. The summed E-state index contributed by atoms with van der Waals surface area (Å²) in [5.74, 6) is -0.812. The highest BCUT2D eigenvalue weighted by atomic mass is 32.2. The average molecular weight is 477 g/mol. The van der Waals surface area contributed by atoms with Crippen molar-refractivity contribution in [3.8, 4) is 5.75 Å². The molecule has 1 N–H and O–H groups in total. The number of nitrogens with one attached hydrogen (secondary N) is 1. The first-order valence-corrected chi connectivity index (χ1v) is 11.3. The average Bonchev–Trinajstić information content (AvgIpc) is 3.08. The number of nitrogens with zero attached hydrogens (tertiary/aromatic N) is 1. The summed E-state index contributed by atoms with van der Waals surface area (Å²) in [6.07, 6.45) is 1.57. The number of rotatable bonds is 7. The summed E-state index contributed by atoms with van der Waals surface area (Å²) in [5, 5.41) is 2.22. The molecule has 6 nitrogen and oxygen atoms in total. The topological polar surface area (TPSA) is 75.7 Å². The molecule has 0 unspecified atom stereocenters. The van der Waals surface area contributed by atoms with Gasteiger partial charge < -0.3 is 10.1 Å². The molecule has 1 heterocycles. The predicted octanol–water partition coefficient (Wildman–Crippen LogP) is 5.39. The molecule has 1 fully saturated rings. The Balaban J connectivity index is 1.45. The molecule has 8 heteroatoms. The number of anilines is 1. The Morgan fingerprint density at radius 2 is 1.74 bits per heavy atom. The summed E-state index contributed by atoms with van der Waals surface area (Å²) < 4.78 is 19.0. The summed E-state index contributed by atoms with van der Waals surface area (Å²) in [4.78, 5) is 38.9. The maximum atomic E-state index is 13.1. The number of halogens is 1. The molecule has 3 aromatic carbocycles. The number of ether oxygens (including phenoxy) is 1. The normalized spacial score (nSPS) is 14.5. The lowest BCUT2D eigenvalue weighted by Crippen LogP contribution is -2.36. The van der Waals surface area contributed by atoms with E-state index in [-0.39, 0.29) is 23.9 Å². The molecule has 3 amide bonds. The maximum Gasteiger partial charge on any atom is 0.294 e. The first-order valence-electron chi connectivity index (χ1n) is 10.5. The molecule has 34 heavy (non-hydrogen) atoms. The van der Waals surface area contributed by atoms with E-state index in [1.54, 1.807) is 54.6 Å². The minimum atomic E-state index is -0.539. The van der Waals surface area contributed by atoms with Crippen LogP contribution in [0.25, 0.3) is 6.08 Å². The molecule has 0 spiro atoms. The van der Waals surface area contributed by atoms with Crippen molar-refractivity contribution in [2.45, 2.75) is 13.5 Å². The van der Waals surface area contributed by atoms with Gasteiger partial charge in [-0.15, -0.1) is 0 Å². The van der Waals surface area contributed by atoms with Gasteiger partial charge in [0.05, 0.1) is 4.91 Å². The van der Waals surface area contributed by atoms with E-state index in [0.717, 1.165) is 27.8 Å². The monoisotopic (exact) mass is 476 g/mol. The molecule has 1 saturated heterocycles. The van der Waals surface area contributed by atoms with E-state index >= 15 is 0 Å². The molecule has 3 aromatic rings. The second-order valence-electron chi connectivity index (χ2n) is 7.58. The number of carbonyl (C=O) groups excluding carboxylic acids is 3. The highest BCUT2D eigenvalue weighted by Crippen LogP contribution is 2.34. The van der Waals surface area contributed by atoms with Gasteiger partial charge in [0.2, 0.25) is 5.91 Å². The highest BCUT2D eigenvalue weighted by Gasteiger charge is 2.36. The third kappa shape index (κ3) is 5.52. The van der Waals surface area contributed by atoms with Crippen LogP contribution in [0.5, 0.6) is 5.75 Å². The van der Waals surface area contributed by atoms with Crippen LogP contribution in [0.2, 0.25) is 0 Å². The Bertz CT molecular complexity index is 1270. The van der Waals surface area contributed by atoms with E-state index in [9.17, 15) is 18.8 Å². The van der Waals surface area contributed by atoms with Gasteiger partial charge in [0.1, 0.15) is 24.7 Å². The largest absolute Gasteiger partial charge is 0.488 e. The first-order chi connectivity index (χ1) is 16.4. The summed E-state index contributed by atoms with van der Waals surface area (Å²) >= 11 is 0.774. The van der Waals surface area contributed by atoms with Crippen LogP contribution in [0.4, 0.5) is 14.9 Å². The quantitative estimate of drug-likeness (QED) is 0.463. The van der Waals surface area contributed by atoms with Crippen LogP contribution >= 0.6 is 11.8 Å². The van der Waals surface area contributed by atoms with Crippen LogP contribution in [-0.4, -0.2) is 28.5 Å². The smallest absolute Gasteiger partial charge is 0.294 e. The number of carbonyl (C=O) groups is 3. The lowest BCUT2D eigenvalue weighted by atomic mass is 10.1. The zero-order valence-corrected chi connectivity index (χ0v) is 19.1. The minimum Gasteiger partial charge on any atom is -0.488 e. The van der Waals surface area contributed by atoms with E-state index in [0.29, 0.717) is 17.0 Å². The zero-order valence-electron chi connectivity index (χ0n) is 18.3. The van der Waals surface area contributed by atoms with Crippen LogP contribution in [0, 0.1) is 12.7 Å². The fourth-order valence-corrected chi connectivity index (χ4v) is 4.13. The van der Waals surface area contributed by atoms with Gasteiger partial charge in [-0.2, -0.15) is 0 Å². The molecule has 1 aliphatic heterocycles. The number of imide groups is 1. The van der Waals surface area contributed by atoms with Crippen molar-refractivity contribution < 1.29 is 23.5 Å².